The number of halogens is 2. The second kappa shape index (κ2) is 6.47. The van der Waals surface area contributed by atoms with Gasteiger partial charge in [0.1, 0.15) is 5.82 Å². The Morgan fingerprint density at radius 3 is 2.81 bits per heavy atom. The van der Waals surface area contributed by atoms with E-state index in [1.54, 1.807) is 6.07 Å². The molecule has 4 heteroatoms. The summed E-state index contributed by atoms with van der Waals surface area (Å²) in [5, 5.41) is 0.162. The number of hydrogen-bond acceptors (Lipinski definition) is 2. The molecule has 1 aliphatic carbocycles. The van der Waals surface area contributed by atoms with Crippen LogP contribution in [0, 0.1) is 5.82 Å². The van der Waals surface area contributed by atoms with Crippen LogP contribution in [0.4, 0.5) is 4.39 Å². The summed E-state index contributed by atoms with van der Waals surface area (Å²) < 4.78 is 13.5. The van der Waals surface area contributed by atoms with Crippen LogP contribution in [0.5, 0.6) is 0 Å². The zero-order valence-corrected chi connectivity index (χ0v) is 13.4. The Kier molecular flexibility index (Phi) is 4.63. The third-order valence-electron chi connectivity index (χ3n) is 4.07. The smallest absolute Gasteiger partial charge is 0.142 e. The van der Waals surface area contributed by atoms with Gasteiger partial charge in [-0.05, 0) is 61.4 Å². The second-order valence-electron chi connectivity index (χ2n) is 5.72. The van der Waals surface area contributed by atoms with Crippen LogP contribution in [0.25, 0.3) is 0 Å². The predicted octanol–water partition coefficient (Wildman–Crippen LogP) is 5.05. The lowest BCUT2D eigenvalue weighted by atomic mass is 10.0. The molecule has 1 heterocycles. The molecule has 1 unspecified atom stereocenters. The molecule has 21 heavy (non-hydrogen) atoms. The molecule has 0 aliphatic heterocycles. The van der Waals surface area contributed by atoms with Gasteiger partial charge in [-0.25, -0.2) is 4.39 Å². The van der Waals surface area contributed by atoms with Crippen molar-refractivity contribution in [3.8, 4) is 0 Å². The van der Waals surface area contributed by atoms with Crippen LogP contribution in [0.2, 0.25) is 5.02 Å². The van der Waals surface area contributed by atoms with Crippen molar-refractivity contribution in [2.24, 2.45) is 5.73 Å². The molecule has 1 aliphatic rings. The van der Waals surface area contributed by atoms with E-state index in [-0.39, 0.29) is 16.9 Å². The van der Waals surface area contributed by atoms with Gasteiger partial charge in [-0.2, -0.15) is 0 Å². The van der Waals surface area contributed by atoms with E-state index in [9.17, 15) is 4.39 Å². The molecule has 0 spiro atoms. The van der Waals surface area contributed by atoms with Crippen LogP contribution >= 0.6 is 22.9 Å². The van der Waals surface area contributed by atoms with Crippen LogP contribution in [0.1, 0.15) is 46.2 Å². The molecule has 2 aromatic rings. The molecule has 0 radical (unpaired) electrons. The molecule has 1 aromatic carbocycles. The van der Waals surface area contributed by atoms with Crippen molar-refractivity contribution < 1.29 is 4.39 Å². The summed E-state index contributed by atoms with van der Waals surface area (Å²) >= 11 is 7.55. The summed E-state index contributed by atoms with van der Waals surface area (Å²) in [5.41, 5.74) is 8.69. The molecule has 1 aromatic heterocycles. The van der Waals surface area contributed by atoms with E-state index in [1.807, 2.05) is 17.4 Å². The van der Waals surface area contributed by atoms with E-state index in [1.165, 1.54) is 53.5 Å². The molecule has 1 nitrogen and oxygen atoms in total. The predicted molar refractivity (Wildman–Crippen MR) is 87.6 cm³/mol. The fraction of sp³-hybridized carbons (Fsp3) is 0.412. The molecule has 0 saturated heterocycles. The van der Waals surface area contributed by atoms with Crippen LogP contribution in [-0.2, 0) is 19.3 Å². The topological polar surface area (TPSA) is 26.0 Å². The average Bonchev–Trinajstić information content (AvgIpc) is 2.74. The highest BCUT2D eigenvalue weighted by Gasteiger charge is 2.16. The molecule has 1 atom stereocenters. The van der Waals surface area contributed by atoms with Crippen LogP contribution in [0.15, 0.2) is 24.3 Å². The van der Waals surface area contributed by atoms with E-state index in [4.69, 9.17) is 17.3 Å². The highest BCUT2D eigenvalue weighted by Crippen LogP contribution is 2.32. The summed E-state index contributed by atoms with van der Waals surface area (Å²) in [5.74, 6) is -0.372. The van der Waals surface area contributed by atoms with Gasteiger partial charge in [0.2, 0.25) is 0 Å². The monoisotopic (exact) mass is 323 g/mol. The third-order valence-corrected chi connectivity index (χ3v) is 5.75. The summed E-state index contributed by atoms with van der Waals surface area (Å²) in [4.78, 5) is 2.72. The van der Waals surface area contributed by atoms with Gasteiger partial charge in [-0.1, -0.05) is 24.1 Å². The molecule has 0 bridgehead atoms. The molecule has 112 valence electrons. The molecule has 0 saturated carbocycles. The van der Waals surface area contributed by atoms with Gasteiger partial charge in [0, 0.05) is 15.8 Å². The minimum absolute atomic E-state index is 0.0671. The van der Waals surface area contributed by atoms with E-state index in [2.05, 4.69) is 6.07 Å². The number of fused-ring (bicyclic) bond motifs is 1. The number of benzene rings is 1. The van der Waals surface area contributed by atoms with Gasteiger partial charge in [0.25, 0.3) is 0 Å². The van der Waals surface area contributed by atoms with Gasteiger partial charge >= 0.3 is 0 Å². The molecular weight excluding hydrogens is 305 g/mol. The lowest BCUT2D eigenvalue weighted by molar-refractivity contribution is 0.623. The molecular formula is C17H19ClFNS. The normalized spacial score (nSPS) is 16.3. The SMILES string of the molecule is NC(Cc1ccc(Cl)c(F)c1)c1cc2c(s1)CCCCC2. The number of hydrogen-bond donors (Lipinski definition) is 1. The second-order valence-corrected chi connectivity index (χ2v) is 7.29. The lowest BCUT2D eigenvalue weighted by Crippen LogP contribution is -2.12. The Morgan fingerprint density at radius 1 is 1.19 bits per heavy atom. The van der Waals surface area contributed by atoms with E-state index in [0.29, 0.717) is 6.42 Å². The first-order valence-electron chi connectivity index (χ1n) is 7.44. The van der Waals surface area contributed by atoms with Gasteiger partial charge in [0.05, 0.1) is 5.02 Å². The van der Waals surface area contributed by atoms with E-state index in [0.717, 1.165) is 5.56 Å². The maximum absolute atomic E-state index is 13.5. The van der Waals surface area contributed by atoms with Crippen molar-refractivity contribution in [3.63, 3.8) is 0 Å². The van der Waals surface area contributed by atoms with Gasteiger partial charge in [-0.15, -0.1) is 11.3 Å². The zero-order valence-electron chi connectivity index (χ0n) is 11.9. The van der Waals surface area contributed by atoms with Crippen molar-refractivity contribution >= 4 is 22.9 Å². The molecule has 3 rings (SSSR count). The van der Waals surface area contributed by atoms with Crippen molar-refractivity contribution in [2.75, 3.05) is 0 Å². The summed E-state index contributed by atoms with van der Waals surface area (Å²) in [6.07, 6.45) is 6.89. The summed E-state index contributed by atoms with van der Waals surface area (Å²) in [6, 6.07) is 7.14. The maximum atomic E-state index is 13.5. The van der Waals surface area contributed by atoms with Crippen LogP contribution in [-0.4, -0.2) is 0 Å². The largest absolute Gasteiger partial charge is 0.323 e. The zero-order chi connectivity index (χ0) is 14.8. The Balaban J connectivity index is 1.75. The van der Waals surface area contributed by atoms with Crippen molar-refractivity contribution in [2.45, 2.75) is 44.6 Å². The Labute approximate surface area is 133 Å². The van der Waals surface area contributed by atoms with Gasteiger partial charge in [0.15, 0.2) is 0 Å². The first-order valence-corrected chi connectivity index (χ1v) is 8.64. The summed E-state index contributed by atoms with van der Waals surface area (Å²) in [6.45, 7) is 0. The van der Waals surface area contributed by atoms with Crippen LogP contribution < -0.4 is 5.73 Å². The minimum atomic E-state index is -0.372. The Bertz CT molecular complexity index is 614. The number of thiophene rings is 1. The highest BCUT2D eigenvalue weighted by molar-refractivity contribution is 7.12. The van der Waals surface area contributed by atoms with Crippen molar-refractivity contribution in [1.29, 1.82) is 0 Å². The Hall–Kier alpha value is -0.900. The van der Waals surface area contributed by atoms with Crippen molar-refractivity contribution in [3.05, 3.63) is 56.0 Å². The van der Waals surface area contributed by atoms with E-state index < -0.39 is 0 Å². The van der Waals surface area contributed by atoms with Crippen LogP contribution in [0.3, 0.4) is 0 Å². The Morgan fingerprint density at radius 2 is 2.00 bits per heavy atom. The number of aryl methyl sites for hydroxylation is 2. The number of rotatable bonds is 3. The summed E-state index contributed by atoms with van der Waals surface area (Å²) in [7, 11) is 0. The minimum Gasteiger partial charge on any atom is -0.323 e. The fourth-order valence-corrected chi connectivity index (χ4v) is 4.27. The quantitative estimate of drug-likeness (QED) is 0.786. The van der Waals surface area contributed by atoms with Gasteiger partial charge < -0.3 is 5.73 Å². The third kappa shape index (κ3) is 3.47. The number of nitrogens with two attached hydrogens (primary N) is 1. The fourth-order valence-electron chi connectivity index (χ4n) is 2.89. The highest BCUT2D eigenvalue weighted by atomic mass is 35.5. The van der Waals surface area contributed by atoms with E-state index >= 15 is 0 Å². The molecule has 0 fully saturated rings. The van der Waals surface area contributed by atoms with Gasteiger partial charge in [-0.3, -0.25) is 0 Å². The lowest BCUT2D eigenvalue weighted by Gasteiger charge is -2.10. The van der Waals surface area contributed by atoms with Crippen molar-refractivity contribution in [1.82, 2.24) is 0 Å². The average molecular weight is 324 g/mol. The molecule has 2 N–H and O–H groups in total. The first kappa shape index (κ1) is 15.0. The standard InChI is InChI=1S/C17H19ClFNS/c18-13-7-6-11(8-14(13)19)9-15(20)17-10-12-4-2-1-3-5-16(12)21-17/h6-8,10,15H,1-5,9,20H2. The first-order chi connectivity index (χ1) is 10.1. The maximum Gasteiger partial charge on any atom is 0.142 e. The molecule has 0 amide bonds.